The van der Waals surface area contributed by atoms with Gasteiger partial charge < -0.3 is 9.13 Å². The lowest BCUT2D eigenvalue weighted by Crippen LogP contribution is -2.07. The summed E-state index contributed by atoms with van der Waals surface area (Å²) < 4.78 is 22.8. The number of hydrogen-bond donors (Lipinski definition) is 0. The summed E-state index contributed by atoms with van der Waals surface area (Å²) in [6.45, 7) is 9.19. The van der Waals surface area contributed by atoms with Crippen LogP contribution < -0.4 is 0 Å². The van der Waals surface area contributed by atoms with Crippen molar-refractivity contribution in [3.8, 4) is 0 Å². The molecule has 0 saturated carbocycles. The number of hydrogen-bond acceptors (Lipinski definition) is 2. The van der Waals surface area contributed by atoms with Crippen molar-refractivity contribution in [2.24, 2.45) is 5.92 Å². The minimum Gasteiger partial charge on any atom is -0.324 e. The third-order valence-corrected chi connectivity index (χ3v) is 4.51. The van der Waals surface area contributed by atoms with Gasteiger partial charge in [0.2, 0.25) is 0 Å². The quantitative estimate of drug-likeness (QED) is 0.668. The zero-order valence-corrected chi connectivity index (χ0v) is 10.5. The average molecular weight is 210 g/mol. The first-order valence-corrected chi connectivity index (χ1v) is 9.75. The average Bonchev–Trinajstić information content (AvgIpc) is 1.49. The summed E-state index contributed by atoms with van der Waals surface area (Å²) in [6.07, 6.45) is 1.44. The minimum absolute atomic E-state index is 0.326. The van der Waals surface area contributed by atoms with Crippen LogP contribution in [0, 0.1) is 5.92 Å². The largest absolute Gasteiger partial charge is 0.324 e. The lowest BCUT2D eigenvalue weighted by molar-refractivity contribution is 0.565. The lowest BCUT2D eigenvalue weighted by Gasteiger charge is -2.16. The van der Waals surface area contributed by atoms with Gasteiger partial charge in [0.1, 0.15) is 0 Å². The fourth-order valence-corrected chi connectivity index (χ4v) is 5.02. The maximum absolute atomic E-state index is 11.4. The van der Waals surface area contributed by atoms with Gasteiger partial charge in [-0.2, -0.15) is 0 Å². The van der Waals surface area contributed by atoms with Gasteiger partial charge in [-0.05, 0) is 32.6 Å². The van der Waals surface area contributed by atoms with Gasteiger partial charge in [-0.3, -0.25) is 0 Å². The molecule has 2 nitrogen and oxygen atoms in total. The lowest BCUT2D eigenvalue weighted by atomic mass is 10.3. The van der Waals surface area contributed by atoms with Crippen LogP contribution in [0.1, 0.15) is 6.92 Å². The number of rotatable bonds is 4. The molecule has 0 rings (SSSR count). The summed E-state index contributed by atoms with van der Waals surface area (Å²) in [5.74, 6) is 0.326. The molecule has 0 aliphatic rings. The molecule has 0 bridgehead atoms. The second kappa shape index (κ2) is 4.11. The van der Waals surface area contributed by atoms with Crippen LogP contribution in [0.3, 0.4) is 0 Å². The van der Waals surface area contributed by atoms with Crippen molar-refractivity contribution in [3.05, 3.63) is 0 Å². The van der Waals surface area contributed by atoms with Crippen molar-refractivity contribution in [3.63, 3.8) is 0 Å². The Hall–Kier alpha value is 0.460. The first kappa shape index (κ1) is 12.5. The van der Waals surface area contributed by atoms with E-state index in [0.29, 0.717) is 5.92 Å². The van der Waals surface area contributed by atoms with Crippen LogP contribution in [-0.4, -0.2) is 39.0 Å². The van der Waals surface area contributed by atoms with Crippen LogP contribution >= 0.6 is 14.3 Å². The van der Waals surface area contributed by atoms with Gasteiger partial charge in [0.25, 0.3) is 0 Å². The van der Waals surface area contributed by atoms with Gasteiger partial charge in [0, 0.05) is 12.3 Å². The molecule has 0 aliphatic heterocycles. The molecular formula is C8H20O2P2. The van der Waals surface area contributed by atoms with E-state index in [1.165, 1.54) is 0 Å². The summed E-state index contributed by atoms with van der Waals surface area (Å²) in [5.41, 5.74) is 0. The van der Waals surface area contributed by atoms with Crippen molar-refractivity contribution >= 4 is 14.3 Å². The molecule has 0 aromatic carbocycles. The summed E-state index contributed by atoms with van der Waals surface area (Å²) in [4.78, 5) is 0. The van der Waals surface area contributed by atoms with Crippen LogP contribution in [-0.2, 0) is 9.13 Å². The topological polar surface area (TPSA) is 34.1 Å². The van der Waals surface area contributed by atoms with Crippen LogP contribution in [0.15, 0.2) is 0 Å². The monoisotopic (exact) mass is 210 g/mol. The molecule has 0 aromatic heterocycles. The van der Waals surface area contributed by atoms with Crippen LogP contribution in [0.4, 0.5) is 0 Å². The fraction of sp³-hybridized carbons (Fsp3) is 1.00. The maximum atomic E-state index is 11.4. The molecule has 0 N–H and O–H groups in total. The molecule has 4 heteroatoms. The van der Waals surface area contributed by atoms with Gasteiger partial charge >= 0.3 is 0 Å². The minimum atomic E-state index is -1.93. The highest BCUT2D eigenvalue weighted by molar-refractivity contribution is 7.63. The van der Waals surface area contributed by atoms with Crippen molar-refractivity contribution in [2.45, 2.75) is 6.92 Å². The van der Waals surface area contributed by atoms with E-state index >= 15 is 0 Å². The molecule has 12 heavy (non-hydrogen) atoms. The molecule has 0 saturated heterocycles. The third kappa shape index (κ3) is 8.56. The summed E-state index contributed by atoms with van der Waals surface area (Å²) in [5, 5.41) is 0. The van der Waals surface area contributed by atoms with Crippen molar-refractivity contribution in [2.75, 3.05) is 39.0 Å². The molecule has 0 amide bonds. The molecule has 0 spiro atoms. The Kier molecular flexibility index (Phi) is 4.27. The van der Waals surface area contributed by atoms with E-state index in [9.17, 15) is 9.13 Å². The first-order valence-electron chi connectivity index (χ1n) is 4.18. The van der Waals surface area contributed by atoms with E-state index in [0.717, 1.165) is 12.3 Å². The van der Waals surface area contributed by atoms with E-state index in [2.05, 4.69) is 0 Å². The fourth-order valence-electron chi connectivity index (χ4n) is 1.56. The van der Waals surface area contributed by atoms with E-state index in [1.54, 1.807) is 26.7 Å². The van der Waals surface area contributed by atoms with E-state index < -0.39 is 14.3 Å². The highest BCUT2D eigenvalue weighted by atomic mass is 31.2. The molecule has 74 valence electrons. The Morgan fingerprint density at radius 2 is 1.17 bits per heavy atom. The maximum Gasteiger partial charge on any atom is 0.0822 e. The van der Waals surface area contributed by atoms with E-state index in [-0.39, 0.29) is 0 Å². The van der Waals surface area contributed by atoms with Crippen molar-refractivity contribution in [1.82, 2.24) is 0 Å². The SMILES string of the molecule is CC(CP(C)(C)=O)CP(C)(C)=O. The molecule has 0 unspecified atom stereocenters. The first-order chi connectivity index (χ1) is 5.10. The van der Waals surface area contributed by atoms with Crippen molar-refractivity contribution < 1.29 is 9.13 Å². The summed E-state index contributed by atoms with van der Waals surface area (Å²) in [7, 11) is -3.86. The predicted molar refractivity (Wildman–Crippen MR) is 57.8 cm³/mol. The molecule has 0 aliphatic carbocycles. The summed E-state index contributed by atoms with van der Waals surface area (Å²) in [6, 6.07) is 0. The predicted octanol–water partition coefficient (Wildman–Crippen LogP) is 2.87. The molecule has 0 atom stereocenters. The Labute approximate surface area is 75.9 Å². The smallest absolute Gasteiger partial charge is 0.0822 e. The second-order valence-electron chi connectivity index (χ2n) is 4.62. The Balaban J connectivity index is 4.00. The summed E-state index contributed by atoms with van der Waals surface area (Å²) >= 11 is 0. The van der Waals surface area contributed by atoms with Gasteiger partial charge in [-0.15, -0.1) is 0 Å². The molecule has 0 fully saturated rings. The second-order valence-corrected chi connectivity index (χ2v) is 11.6. The van der Waals surface area contributed by atoms with E-state index in [1.807, 2.05) is 6.92 Å². The highest BCUT2D eigenvalue weighted by Gasteiger charge is 2.18. The van der Waals surface area contributed by atoms with Gasteiger partial charge in [0.05, 0.1) is 14.3 Å². The molecular weight excluding hydrogens is 190 g/mol. The zero-order chi connectivity index (χ0) is 9.99. The van der Waals surface area contributed by atoms with Gasteiger partial charge in [-0.25, -0.2) is 0 Å². The van der Waals surface area contributed by atoms with Crippen LogP contribution in [0.25, 0.3) is 0 Å². The van der Waals surface area contributed by atoms with Crippen LogP contribution in [0.2, 0.25) is 0 Å². The van der Waals surface area contributed by atoms with E-state index in [4.69, 9.17) is 0 Å². The van der Waals surface area contributed by atoms with Crippen molar-refractivity contribution in [1.29, 1.82) is 0 Å². The van der Waals surface area contributed by atoms with Gasteiger partial charge in [0.15, 0.2) is 0 Å². The molecule has 0 heterocycles. The Morgan fingerprint density at radius 1 is 0.917 bits per heavy atom. The Morgan fingerprint density at radius 3 is 1.33 bits per heavy atom. The van der Waals surface area contributed by atoms with Gasteiger partial charge in [-0.1, -0.05) is 6.92 Å². The standard InChI is InChI=1S/C8H20O2P2/c1-8(6-11(2,3)9)7-12(4,5)10/h8H,6-7H2,1-5H3. The third-order valence-electron chi connectivity index (χ3n) is 1.50. The Bertz CT molecular complexity index is 199. The molecule has 0 aromatic rings. The highest BCUT2D eigenvalue weighted by Crippen LogP contribution is 2.44. The zero-order valence-electron chi connectivity index (χ0n) is 8.70. The molecule has 0 radical (unpaired) electrons. The normalized spacial score (nSPS) is 13.8. The van der Waals surface area contributed by atoms with Crippen LogP contribution in [0.5, 0.6) is 0 Å².